The number of nitro benzene ring substituents is 1. The van der Waals surface area contributed by atoms with Gasteiger partial charge in [-0.1, -0.05) is 36.6 Å². The van der Waals surface area contributed by atoms with Crippen LogP contribution in [0.3, 0.4) is 0 Å². The third-order valence-electron chi connectivity index (χ3n) is 3.97. The molecule has 1 aromatic heterocycles. The van der Waals surface area contributed by atoms with Gasteiger partial charge in [0.15, 0.2) is 0 Å². The molecule has 6 heteroatoms. The number of nitrogens with zero attached hydrogens (tertiary/aromatic N) is 3. The van der Waals surface area contributed by atoms with Crippen LogP contribution in [0.1, 0.15) is 38.0 Å². The highest BCUT2D eigenvalue weighted by Gasteiger charge is 2.18. The van der Waals surface area contributed by atoms with Crippen molar-refractivity contribution in [2.75, 3.05) is 0 Å². The van der Waals surface area contributed by atoms with E-state index in [1.54, 1.807) is 12.1 Å². The summed E-state index contributed by atoms with van der Waals surface area (Å²) < 4.78 is 5.29. The lowest BCUT2D eigenvalue weighted by atomic mass is 9.87. The molecule has 0 N–H and O–H groups in total. The van der Waals surface area contributed by atoms with Gasteiger partial charge in [-0.15, -0.1) is 0 Å². The van der Waals surface area contributed by atoms with Crippen LogP contribution in [0, 0.1) is 16.0 Å². The Morgan fingerprint density at radius 3 is 2.86 bits per heavy atom. The average molecular weight is 287 g/mol. The number of benzene rings is 1. The van der Waals surface area contributed by atoms with E-state index in [1.165, 1.54) is 44.2 Å². The summed E-state index contributed by atoms with van der Waals surface area (Å²) in [6.45, 7) is 0. The highest BCUT2D eigenvalue weighted by Crippen LogP contribution is 2.27. The van der Waals surface area contributed by atoms with Gasteiger partial charge in [-0.05, 0) is 18.8 Å². The lowest BCUT2D eigenvalue weighted by Gasteiger charge is -2.19. The van der Waals surface area contributed by atoms with Gasteiger partial charge in [0.25, 0.3) is 5.69 Å². The van der Waals surface area contributed by atoms with Crippen molar-refractivity contribution in [3.05, 3.63) is 40.3 Å². The van der Waals surface area contributed by atoms with E-state index in [4.69, 9.17) is 4.52 Å². The summed E-state index contributed by atoms with van der Waals surface area (Å²) in [5, 5.41) is 14.7. The van der Waals surface area contributed by atoms with E-state index in [-0.39, 0.29) is 5.69 Å². The second-order valence-corrected chi connectivity index (χ2v) is 5.53. The van der Waals surface area contributed by atoms with E-state index in [1.807, 2.05) is 0 Å². The average Bonchev–Trinajstić information content (AvgIpc) is 2.97. The second-order valence-electron chi connectivity index (χ2n) is 5.53. The van der Waals surface area contributed by atoms with Crippen LogP contribution in [0.25, 0.3) is 11.4 Å². The van der Waals surface area contributed by atoms with Gasteiger partial charge in [-0.3, -0.25) is 10.1 Å². The number of non-ortho nitro benzene ring substituents is 1. The van der Waals surface area contributed by atoms with Crippen LogP contribution in [0.4, 0.5) is 5.69 Å². The van der Waals surface area contributed by atoms with Gasteiger partial charge in [-0.2, -0.15) is 4.98 Å². The van der Waals surface area contributed by atoms with Gasteiger partial charge in [-0.25, -0.2) is 0 Å². The van der Waals surface area contributed by atoms with E-state index in [9.17, 15) is 10.1 Å². The normalized spacial score (nSPS) is 16.0. The van der Waals surface area contributed by atoms with Crippen LogP contribution in [0.15, 0.2) is 28.8 Å². The highest BCUT2D eigenvalue weighted by atomic mass is 16.6. The largest absolute Gasteiger partial charge is 0.339 e. The molecule has 0 amide bonds. The molecule has 6 nitrogen and oxygen atoms in total. The molecule has 2 aromatic rings. The molecule has 1 saturated carbocycles. The molecule has 3 rings (SSSR count). The first-order valence-corrected chi connectivity index (χ1v) is 7.30. The molecule has 1 aliphatic rings. The minimum absolute atomic E-state index is 0.0335. The maximum atomic E-state index is 10.8. The van der Waals surface area contributed by atoms with E-state index < -0.39 is 4.92 Å². The fourth-order valence-corrected chi connectivity index (χ4v) is 2.85. The Bertz CT molecular complexity index is 633. The van der Waals surface area contributed by atoms with E-state index >= 15 is 0 Å². The molecule has 21 heavy (non-hydrogen) atoms. The van der Waals surface area contributed by atoms with Crippen LogP contribution in [-0.4, -0.2) is 15.1 Å². The standard InChI is InChI=1S/C15H17N3O3/c19-18(20)13-8-4-7-12(10-13)15-16-14(21-17-15)9-11-5-2-1-3-6-11/h4,7-8,10-11H,1-3,5-6,9H2. The van der Waals surface area contributed by atoms with Crippen LogP contribution >= 0.6 is 0 Å². The monoisotopic (exact) mass is 287 g/mol. The van der Waals surface area contributed by atoms with Gasteiger partial charge in [0.05, 0.1) is 4.92 Å². The maximum absolute atomic E-state index is 10.8. The zero-order chi connectivity index (χ0) is 14.7. The third-order valence-corrected chi connectivity index (χ3v) is 3.97. The fraction of sp³-hybridized carbons (Fsp3) is 0.467. The van der Waals surface area contributed by atoms with Gasteiger partial charge in [0, 0.05) is 24.1 Å². The van der Waals surface area contributed by atoms with Crippen LogP contribution in [0.2, 0.25) is 0 Å². The summed E-state index contributed by atoms with van der Waals surface area (Å²) in [5.41, 5.74) is 0.647. The molecular weight excluding hydrogens is 270 g/mol. The van der Waals surface area contributed by atoms with Gasteiger partial charge in [0.1, 0.15) is 0 Å². The molecule has 0 spiro atoms. The Hall–Kier alpha value is -2.24. The quantitative estimate of drug-likeness (QED) is 0.631. The lowest BCUT2D eigenvalue weighted by Crippen LogP contribution is -2.09. The summed E-state index contributed by atoms with van der Waals surface area (Å²) in [5.74, 6) is 1.67. The topological polar surface area (TPSA) is 82.1 Å². The number of hydrogen-bond donors (Lipinski definition) is 0. The van der Waals surface area contributed by atoms with Gasteiger partial charge in [0.2, 0.25) is 11.7 Å². The zero-order valence-corrected chi connectivity index (χ0v) is 11.7. The molecule has 0 unspecified atom stereocenters. The Balaban J connectivity index is 1.75. The van der Waals surface area contributed by atoms with E-state index in [0.717, 1.165) is 6.42 Å². The Morgan fingerprint density at radius 1 is 1.29 bits per heavy atom. The summed E-state index contributed by atoms with van der Waals surface area (Å²) in [6.07, 6.45) is 7.11. The van der Waals surface area contributed by atoms with Gasteiger partial charge >= 0.3 is 0 Å². The first-order valence-electron chi connectivity index (χ1n) is 7.30. The zero-order valence-electron chi connectivity index (χ0n) is 11.7. The predicted octanol–water partition coefficient (Wildman–Crippen LogP) is 3.77. The van der Waals surface area contributed by atoms with Crippen molar-refractivity contribution in [2.24, 2.45) is 5.92 Å². The summed E-state index contributed by atoms with van der Waals surface area (Å²) in [4.78, 5) is 14.7. The van der Waals surface area contributed by atoms with Crippen molar-refractivity contribution >= 4 is 5.69 Å². The Labute approximate surface area is 122 Å². The molecule has 0 aliphatic heterocycles. The summed E-state index contributed by atoms with van der Waals surface area (Å²) in [7, 11) is 0. The predicted molar refractivity (Wildman–Crippen MR) is 76.7 cm³/mol. The molecular formula is C15H17N3O3. The van der Waals surface area contributed by atoms with E-state index in [0.29, 0.717) is 23.2 Å². The molecule has 1 heterocycles. The SMILES string of the molecule is O=[N+]([O-])c1cccc(-c2noc(CC3CCCCC3)n2)c1. The molecule has 1 fully saturated rings. The number of nitro groups is 1. The fourth-order valence-electron chi connectivity index (χ4n) is 2.85. The molecule has 1 aliphatic carbocycles. The molecule has 0 radical (unpaired) electrons. The number of rotatable bonds is 4. The van der Waals surface area contributed by atoms with Crippen LogP contribution in [0.5, 0.6) is 0 Å². The van der Waals surface area contributed by atoms with Crippen LogP contribution < -0.4 is 0 Å². The van der Waals surface area contributed by atoms with E-state index in [2.05, 4.69) is 10.1 Å². The van der Waals surface area contributed by atoms with Crippen molar-refractivity contribution in [3.8, 4) is 11.4 Å². The number of hydrogen-bond acceptors (Lipinski definition) is 5. The molecule has 1 aromatic carbocycles. The third kappa shape index (κ3) is 3.26. The number of aromatic nitrogens is 2. The molecule has 0 atom stereocenters. The highest BCUT2D eigenvalue weighted by molar-refractivity contribution is 5.58. The van der Waals surface area contributed by atoms with Crippen molar-refractivity contribution < 1.29 is 9.45 Å². The lowest BCUT2D eigenvalue weighted by molar-refractivity contribution is -0.384. The first-order chi connectivity index (χ1) is 10.2. The van der Waals surface area contributed by atoms with Crippen molar-refractivity contribution in [1.82, 2.24) is 10.1 Å². The summed E-state index contributed by atoms with van der Waals surface area (Å²) in [6, 6.07) is 6.30. The van der Waals surface area contributed by atoms with Gasteiger partial charge < -0.3 is 4.52 Å². The Morgan fingerprint density at radius 2 is 2.10 bits per heavy atom. The van der Waals surface area contributed by atoms with Crippen molar-refractivity contribution in [3.63, 3.8) is 0 Å². The van der Waals surface area contributed by atoms with Crippen molar-refractivity contribution in [1.29, 1.82) is 0 Å². The Kier molecular flexibility index (Phi) is 3.94. The van der Waals surface area contributed by atoms with Crippen LogP contribution in [-0.2, 0) is 6.42 Å². The molecule has 0 bridgehead atoms. The maximum Gasteiger partial charge on any atom is 0.270 e. The second kappa shape index (κ2) is 6.03. The minimum atomic E-state index is -0.424. The summed E-state index contributed by atoms with van der Waals surface area (Å²) >= 11 is 0. The molecule has 110 valence electrons. The minimum Gasteiger partial charge on any atom is -0.339 e. The first kappa shape index (κ1) is 13.7. The van der Waals surface area contributed by atoms with Crippen molar-refractivity contribution in [2.45, 2.75) is 38.5 Å². The smallest absolute Gasteiger partial charge is 0.270 e. The molecule has 0 saturated heterocycles.